The van der Waals surface area contributed by atoms with Gasteiger partial charge in [-0.15, -0.1) is 0 Å². The number of hydrogen-bond donors (Lipinski definition) is 2. The van der Waals surface area contributed by atoms with Crippen molar-refractivity contribution in [1.82, 2.24) is 0 Å². The van der Waals surface area contributed by atoms with Crippen molar-refractivity contribution in [3.05, 3.63) is 37.5 Å². The van der Waals surface area contributed by atoms with Gasteiger partial charge in [-0.1, -0.05) is 25.3 Å². The van der Waals surface area contributed by atoms with Crippen LogP contribution in [-0.2, 0) is 19.1 Å². The monoisotopic (exact) mass is 312 g/mol. The van der Waals surface area contributed by atoms with E-state index < -0.39 is 36.4 Å². The van der Waals surface area contributed by atoms with E-state index >= 15 is 0 Å². The largest absolute Gasteiger partial charge is 0.455 e. The van der Waals surface area contributed by atoms with Crippen LogP contribution < -0.4 is 0 Å². The first kappa shape index (κ1) is 20.1. The number of aliphatic hydroxyl groups excluding tert-OH is 2. The molecular weight excluding hydrogens is 288 g/mol. The fourth-order valence-corrected chi connectivity index (χ4v) is 1.57. The Morgan fingerprint density at radius 2 is 1.23 bits per heavy atom. The van der Waals surface area contributed by atoms with Gasteiger partial charge < -0.3 is 19.7 Å². The Bertz CT molecular complexity index is 373. The van der Waals surface area contributed by atoms with Gasteiger partial charge in [0.1, 0.15) is 12.2 Å². The zero-order valence-electron chi connectivity index (χ0n) is 13.0. The van der Waals surface area contributed by atoms with E-state index in [1.165, 1.54) is 12.2 Å². The zero-order chi connectivity index (χ0) is 17.1. The molecule has 0 bridgehead atoms. The van der Waals surface area contributed by atoms with Crippen LogP contribution in [0.5, 0.6) is 0 Å². The summed E-state index contributed by atoms with van der Waals surface area (Å²) in [4.78, 5) is 23.1. The zero-order valence-corrected chi connectivity index (χ0v) is 13.0. The van der Waals surface area contributed by atoms with Gasteiger partial charge in [0, 0.05) is 25.0 Å². The molecular formula is C16H24O6. The van der Waals surface area contributed by atoms with Gasteiger partial charge in [0.2, 0.25) is 0 Å². The minimum absolute atomic E-state index is 0.223. The van der Waals surface area contributed by atoms with E-state index in [0.29, 0.717) is 0 Å². The summed E-state index contributed by atoms with van der Waals surface area (Å²) in [5, 5.41) is 18.4. The molecule has 0 rings (SSSR count). The topological polar surface area (TPSA) is 93.1 Å². The average molecular weight is 312 g/mol. The van der Waals surface area contributed by atoms with E-state index in [2.05, 4.69) is 13.2 Å². The minimum Gasteiger partial charge on any atom is -0.455 e. The quantitative estimate of drug-likeness (QED) is 0.358. The van der Waals surface area contributed by atoms with Crippen molar-refractivity contribution < 1.29 is 29.3 Å². The maximum Gasteiger partial charge on any atom is 0.331 e. The third-order valence-electron chi connectivity index (χ3n) is 2.56. The predicted molar refractivity (Wildman–Crippen MR) is 81.9 cm³/mol. The van der Waals surface area contributed by atoms with Gasteiger partial charge in [0.25, 0.3) is 0 Å². The molecule has 0 aliphatic heterocycles. The molecule has 2 N–H and O–H groups in total. The van der Waals surface area contributed by atoms with Gasteiger partial charge in [0.15, 0.2) is 0 Å². The summed E-state index contributed by atoms with van der Waals surface area (Å²) < 4.78 is 9.97. The van der Waals surface area contributed by atoms with Crippen LogP contribution in [0.15, 0.2) is 37.5 Å². The first-order chi connectivity index (χ1) is 10.3. The lowest BCUT2D eigenvalue weighted by atomic mass is 10.2. The number of ether oxygens (including phenoxy) is 2. The fourth-order valence-electron chi connectivity index (χ4n) is 1.57. The lowest BCUT2D eigenvalue weighted by molar-refractivity contribution is -0.144. The molecule has 0 aliphatic rings. The van der Waals surface area contributed by atoms with Crippen molar-refractivity contribution in [2.24, 2.45) is 0 Å². The molecule has 0 aliphatic carbocycles. The van der Waals surface area contributed by atoms with E-state index in [0.717, 1.165) is 12.2 Å². The van der Waals surface area contributed by atoms with E-state index in [-0.39, 0.29) is 12.8 Å². The second-order valence-corrected chi connectivity index (χ2v) is 4.92. The van der Waals surface area contributed by atoms with Gasteiger partial charge >= 0.3 is 11.9 Å². The molecule has 0 spiro atoms. The van der Waals surface area contributed by atoms with Crippen LogP contribution in [0.25, 0.3) is 0 Å². The molecule has 0 aromatic carbocycles. The van der Waals surface area contributed by atoms with Crippen LogP contribution in [0.2, 0.25) is 0 Å². The third-order valence-corrected chi connectivity index (χ3v) is 2.56. The standard InChI is InChI=1S/C16H24O6/c1-5-13(9-11(3)17)21-15(19)7-8-16(20)22-14(6-2)10-12(4)18/h5-8,11-14,17-18H,1-2,9-10H2,3-4H3/b8-7-. The first-order valence-electron chi connectivity index (χ1n) is 6.99. The number of carbonyl (C=O) groups excluding carboxylic acids is 2. The van der Waals surface area contributed by atoms with Crippen molar-refractivity contribution in [2.75, 3.05) is 0 Å². The van der Waals surface area contributed by atoms with E-state index in [4.69, 9.17) is 9.47 Å². The summed E-state index contributed by atoms with van der Waals surface area (Å²) in [5.41, 5.74) is 0. The molecule has 0 aromatic heterocycles. The smallest absolute Gasteiger partial charge is 0.331 e. The second kappa shape index (κ2) is 10.8. The summed E-state index contributed by atoms with van der Waals surface area (Å²) in [7, 11) is 0. The van der Waals surface area contributed by atoms with Crippen molar-refractivity contribution in [2.45, 2.75) is 51.1 Å². The maximum atomic E-state index is 11.5. The Labute approximate surface area is 130 Å². The number of carbonyl (C=O) groups is 2. The summed E-state index contributed by atoms with van der Waals surface area (Å²) in [6.45, 7) is 10.1. The highest BCUT2D eigenvalue weighted by Gasteiger charge is 2.14. The van der Waals surface area contributed by atoms with Crippen molar-refractivity contribution in [3.8, 4) is 0 Å². The van der Waals surface area contributed by atoms with Gasteiger partial charge in [-0.05, 0) is 13.8 Å². The SMILES string of the molecule is C=CC(CC(C)O)OC(=O)/C=C\C(=O)OC(C=C)CC(C)O. The highest BCUT2D eigenvalue weighted by molar-refractivity contribution is 5.91. The van der Waals surface area contributed by atoms with Gasteiger partial charge in [-0.3, -0.25) is 0 Å². The average Bonchev–Trinajstić information content (AvgIpc) is 2.42. The van der Waals surface area contributed by atoms with Crippen LogP contribution in [0.3, 0.4) is 0 Å². The molecule has 0 heterocycles. The Morgan fingerprint density at radius 3 is 1.45 bits per heavy atom. The van der Waals surface area contributed by atoms with Crippen LogP contribution in [-0.4, -0.2) is 46.6 Å². The van der Waals surface area contributed by atoms with E-state index in [9.17, 15) is 19.8 Å². The van der Waals surface area contributed by atoms with Crippen LogP contribution in [0, 0.1) is 0 Å². The van der Waals surface area contributed by atoms with Crippen LogP contribution >= 0.6 is 0 Å². The molecule has 4 unspecified atom stereocenters. The Morgan fingerprint density at radius 1 is 0.909 bits per heavy atom. The Balaban J connectivity index is 4.38. The summed E-state index contributed by atoms with van der Waals surface area (Å²) in [5.74, 6) is -1.48. The highest BCUT2D eigenvalue weighted by Crippen LogP contribution is 2.06. The Kier molecular flexibility index (Phi) is 9.82. The highest BCUT2D eigenvalue weighted by atomic mass is 16.5. The molecule has 6 nitrogen and oxygen atoms in total. The molecule has 0 saturated carbocycles. The van der Waals surface area contributed by atoms with Gasteiger partial charge in [-0.2, -0.15) is 0 Å². The molecule has 6 heteroatoms. The van der Waals surface area contributed by atoms with Crippen molar-refractivity contribution in [3.63, 3.8) is 0 Å². The van der Waals surface area contributed by atoms with Gasteiger partial charge in [-0.25, -0.2) is 9.59 Å². The molecule has 0 radical (unpaired) electrons. The van der Waals surface area contributed by atoms with Crippen LogP contribution in [0.4, 0.5) is 0 Å². The Hall–Kier alpha value is -1.92. The molecule has 0 saturated heterocycles. The third kappa shape index (κ3) is 9.90. The van der Waals surface area contributed by atoms with E-state index in [1.807, 2.05) is 0 Å². The normalized spacial score (nSPS) is 16.4. The minimum atomic E-state index is -0.742. The second-order valence-electron chi connectivity index (χ2n) is 4.92. The summed E-state index contributed by atoms with van der Waals surface area (Å²) in [6, 6.07) is 0. The molecule has 0 fully saturated rings. The molecule has 0 amide bonds. The lowest BCUT2D eigenvalue weighted by Gasteiger charge is -2.15. The van der Waals surface area contributed by atoms with Gasteiger partial charge in [0.05, 0.1) is 12.2 Å². The van der Waals surface area contributed by atoms with Crippen LogP contribution in [0.1, 0.15) is 26.7 Å². The van der Waals surface area contributed by atoms with Crippen molar-refractivity contribution >= 4 is 11.9 Å². The molecule has 0 aromatic rings. The summed E-state index contributed by atoms with van der Waals surface area (Å²) >= 11 is 0. The molecule has 22 heavy (non-hydrogen) atoms. The number of aliphatic hydroxyl groups is 2. The number of hydrogen-bond acceptors (Lipinski definition) is 6. The first-order valence-corrected chi connectivity index (χ1v) is 6.99. The van der Waals surface area contributed by atoms with Crippen molar-refractivity contribution in [1.29, 1.82) is 0 Å². The predicted octanol–water partition coefficient (Wildman–Crippen LogP) is 1.28. The molecule has 124 valence electrons. The van der Waals surface area contributed by atoms with E-state index in [1.54, 1.807) is 13.8 Å². The number of esters is 2. The lowest BCUT2D eigenvalue weighted by Crippen LogP contribution is -2.21. The summed E-state index contributed by atoms with van der Waals surface area (Å²) in [6.07, 6.45) is 2.55. The molecule has 4 atom stereocenters. The number of rotatable bonds is 10. The maximum absolute atomic E-state index is 11.5. The fraction of sp³-hybridized carbons (Fsp3) is 0.500.